The summed E-state index contributed by atoms with van der Waals surface area (Å²) in [5, 5.41) is 3.10. The molecule has 1 aromatic heterocycles. The minimum Gasteiger partial charge on any atom is -0.368 e. The number of nitrogens with zero attached hydrogens (tertiary/aromatic N) is 2. The van der Waals surface area contributed by atoms with Crippen LogP contribution in [0.5, 0.6) is 0 Å². The SMILES string of the molecule is C#CCCNc1nccnc1C. The smallest absolute Gasteiger partial charge is 0.147 e. The van der Waals surface area contributed by atoms with E-state index < -0.39 is 0 Å². The number of rotatable bonds is 3. The number of nitrogens with one attached hydrogen (secondary N) is 1. The fraction of sp³-hybridized carbons (Fsp3) is 0.333. The van der Waals surface area contributed by atoms with Crippen LogP contribution in [0.4, 0.5) is 5.82 Å². The molecule has 12 heavy (non-hydrogen) atoms. The van der Waals surface area contributed by atoms with Crippen molar-refractivity contribution >= 4 is 5.82 Å². The van der Waals surface area contributed by atoms with Gasteiger partial charge in [-0.25, -0.2) is 4.98 Å². The fourth-order valence-corrected chi connectivity index (χ4v) is 0.834. The van der Waals surface area contributed by atoms with Crippen LogP contribution in [0.1, 0.15) is 12.1 Å². The molecule has 0 aliphatic rings. The minimum absolute atomic E-state index is 0.704. The number of hydrogen-bond donors (Lipinski definition) is 1. The van der Waals surface area contributed by atoms with E-state index in [1.165, 1.54) is 0 Å². The molecule has 3 heteroatoms. The van der Waals surface area contributed by atoms with Gasteiger partial charge in [-0.1, -0.05) is 0 Å². The third-order valence-corrected chi connectivity index (χ3v) is 1.44. The Bertz CT molecular complexity index is 288. The molecular weight excluding hydrogens is 150 g/mol. The molecule has 1 N–H and O–H groups in total. The molecule has 3 nitrogen and oxygen atoms in total. The van der Waals surface area contributed by atoms with Crippen LogP contribution in [0.2, 0.25) is 0 Å². The van der Waals surface area contributed by atoms with E-state index in [2.05, 4.69) is 21.2 Å². The van der Waals surface area contributed by atoms with E-state index in [4.69, 9.17) is 6.42 Å². The molecule has 0 saturated heterocycles. The Morgan fingerprint density at radius 2 is 2.25 bits per heavy atom. The molecule has 0 unspecified atom stereocenters. The van der Waals surface area contributed by atoms with Crippen LogP contribution in [-0.4, -0.2) is 16.5 Å². The summed E-state index contributed by atoms with van der Waals surface area (Å²) in [6, 6.07) is 0. The average molecular weight is 161 g/mol. The number of hydrogen-bond acceptors (Lipinski definition) is 3. The molecule has 0 atom stereocenters. The first-order chi connectivity index (χ1) is 5.84. The van der Waals surface area contributed by atoms with Crippen molar-refractivity contribution in [2.45, 2.75) is 13.3 Å². The van der Waals surface area contributed by atoms with Crippen LogP contribution in [0.25, 0.3) is 0 Å². The van der Waals surface area contributed by atoms with Crippen molar-refractivity contribution in [2.24, 2.45) is 0 Å². The van der Waals surface area contributed by atoms with E-state index in [0.717, 1.165) is 18.1 Å². The molecule has 0 fully saturated rings. The molecule has 0 saturated carbocycles. The standard InChI is InChI=1S/C9H11N3/c1-3-4-5-11-9-8(2)10-6-7-12-9/h1,6-7H,4-5H2,2H3,(H,11,12). The van der Waals surface area contributed by atoms with Gasteiger partial charge in [0, 0.05) is 25.4 Å². The molecule has 0 aliphatic heterocycles. The van der Waals surface area contributed by atoms with Gasteiger partial charge in [0.05, 0.1) is 5.69 Å². The van der Waals surface area contributed by atoms with E-state index in [0.29, 0.717) is 6.42 Å². The predicted octanol–water partition coefficient (Wildman–Crippen LogP) is 1.22. The highest BCUT2D eigenvalue weighted by atomic mass is 15.0. The molecule has 1 aromatic rings. The zero-order valence-electron chi connectivity index (χ0n) is 7.04. The normalized spacial score (nSPS) is 9.00. The van der Waals surface area contributed by atoms with Crippen molar-refractivity contribution in [1.29, 1.82) is 0 Å². The van der Waals surface area contributed by atoms with Crippen LogP contribution < -0.4 is 5.32 Å². The summed E-state index contributed by atoms with van der Waals surface area (Å²) in [6.45, 7) is 2.65. The van der Waals surface area contributed by atoms with Gasteiger partial charge in [0.2, 0.25) is 0 Å². The maximum Gasteiger partial charge on any atom is 0.147 e. The molecule has 62 valence electrons. The number of aromatic nitrogens is 2. The maximum absolute atomic E-state index is 5.10. The summed E-state index contributed by atoms with van der Waals surface area (Å²) in [5.41, 5.74) is 0.898. The Labute approximate surface area is 72.2 Å². The average Bonchev–Trinajstić information content (AvgIpc) is 2.09. The van der Waals surface area contributed by atoms with Crippen molar-refractivity contribution in [3.05, 3.63) is 18.1 Å². The Morgan fingerprint density at radius 3 is 2.92 bits per heavy atom. The Kier molecular flexibility index (Phi) is 3.09. The lowest BCUT2D eigenvalue weighted by Crippen LogP contribution is -2.04. The Morgan fingerprint density at radius 1 is 1.50 bits per heavy atom. The maximum atomic E-state index is 5.10. The van der Waals surface area contributed by atoms with Gasteiger partial charge < -0.3 is 5.32 Å². The lowest BCUT2D eigenvalue weighted by molar-refractivity contribution is 1.03. The van der Waals surface area contributed by atoms with Crippen LogP contribution in [0.3, 0.4) is 0 Å². The van der Waals surface area contributed by atoms with Gasteiger partial charge in [0.25, 0.3) is 0 Å². The molecule has 0 bridgehead atoms. The van der Waals surface area contributed by atoms with Crippen molar-refractivity contribution in [1.82, 2.24) is 9.97 Å². The van der Waals surface area contributed by atoms with Gasteiger partial charge >= 0.3 is 0 Å². The second-order valence-electron chi connectivity index (χ2n) is 2.37. The lowest BCUT2D eigenvalue weighted by Gasteiger charge is -2.04. The fourth-order valence-electron chi connectivity index (χ4n) is 0.834. The molecular formula is C9H11N3. The Hall–Kier alpha value is -1.56. The monoisotopic (exact) mass is 161 g/mol. The summed E-state index contributed by atoms with van der Waals surface area (Å²) in [6.07, 6.45) is 9.14. The lowest BCUT2D eigenvalue weighted by atomic mass is 10.4. The zero-order chi connectivity index (χ0) is 8.81. The summed E-state index contributed by atoms with van der Waals surface area (Å²) in [5.74, 6) is 3.36. The van der Waals surface area contributed by atoms with E-state index in [1.807, 2.05) is 6.92 Å². The number of aryl methyl sites for hydroxylation is 1. The highest BCUT2D eigenvalue weighted by Gasteiger charge is 1.96. The van der Waals surface area contributed by atoms with Gasteiger partial charge in [-0.3, -0.25) is 4.98 Å². The summed E-state index contributed by atoms with van der Waals surface area (Å²) in [4.78, 5) is 8.19. The molecule has 0 radical (unpaired) electrons. The highest BCUT2D eigenvalue weighted by Crippen LogP contribution is 2.04. The van der Waals surface area contributed by atoms with Crippen LogP contribution in [0, 0.1) is 19.3 Å². The zero-order valence-corrected chi connectivity index (χ0v) is 7.04. The number of anilines is 1. The first-order valence-electron chi connectivity index (χ1n) is 3.79. The van der Waals surface area contributed by atoms with E-state index in [9.17, 15) is 0 Å². The highest BCUT2D eigenvalue weighted by molar-refractivity contribution is 5.38. The quantitative estimate of drug-likeness (QED) is 0.535. The van der Waals surface area contributed by atoms with Gasteiger partial charge in [-0.2, -0.15) is 0 Å². The van der Waals surface area contributed by atoms with Crippen molar-refractivity contribution in [3.8, 4) is 12.3 Å². The topological polar surface area (TPSA) is 37.8 Å². The summed E-state index contributed by atoms with van der Waals surface area (Å²) in [7, 11) is 0. The molecule has 0 amide bonds. The van der Waals surface area contributed by atoms with Crippen molar-refractivity contribution in [3.63, 3.8) is 0 Å². The molecule has 1 rings (SSSR count). The predicted molar refractivity (Wildman–Crippen MR) is 48.7 cm³/mol. The van der Waals surface area contributed by atoms with Gasteiger partial charge in [0.15, 0.2) is 0 Å². The number of terminal acetylenes is 1. The Balaban J connectivity index is 2.53. The third-order valence-electron chi connectivity index (χ3n) is 1.44. The minimum atomic E-state index is 0.704. The van der Waals surface area contributed by atoms with Crippen LogP contribution >= 0.6 is 0 Å². The molecule has 0 spiro atoms. The second-order valence-corrected chi connectivity index (χ2v) is 2.37. The van der Waals surface area contributed by atoms with E-state index in [-0.39, 0.29) is 0 Å². The molecule has 0 aliphatic carbocycles. The third kappa shape index (κ3) is 2.24. The van der Waals surface area contributed by atoms with E-state index in [1.54, 1.807) is 12.4 Å². The second kappa shape index (κ2) is 4.35. The van der Waals surface area contributed by atoms with Gasteiger partial charge in [0.1, 0.15) is 5.82 Å². The van der Waals surface area contributed by atoms with Crippen LogP contribution in [0.15, 0.2) is 12.4 Å². The summed E-state index contributed by atoms with van der Waals surface area (Å²) < 4.78 is 0. The van der Waals surface area contributed by atoms with E-state index >= 15 is 0 Å². The van der Waals surface area contributed by atoms with Gasteiger partial charge in [-0.15, -0.1) is 12.3 Å². The van der Waals surface area contributed by atoms with Crippen LogP contribution in [-0.2, 0) is 0 Å². The first-order valence-corrected chi connectivity index (χ1v) is 3.79. The molecule has 0 aromatic carbocycles. The van der Waals surface area contributed by atoms with Crippen molar-refractivity contribution < 1.29 is 0 Å². The first kappa shape index (κ1) is 8.54. The summed E-state index contributed by atoms with van der Waals surface area (Å²) >= 11 is 0. The van der Waals surface area contributed by atoms with Crippen molar-refractivity contribution in [2.75, 3.05) is 11.9 Å². The molecule has 1 heterocycles. The largest absolute Gasteiger partial charge is 0.368 e. The van der Waals surface area contributed by atoms with Gasteiger partial charge in [-0.05, 0) is 6.92 Å².